The fourth-order valence-corrected chi connectivity index (χ4v) is 8.66. The summed E-state index contributed by atoms with van der Waals surface area (Å²) in [6.07, 6.45) is 67.8. The average Bonchev–Trinajstić information content (AvgIpc) is 3.41. The van der Waals surface area contributed by atoms with Crippen molar-refractivity contribution in [2.75, 3.05) is 26.4 Å². The van der Waals surface area contributed by atoms with E-state index in [0.717, 1.165) is 148 Å². The second-order valence-corrected chi connectivity index (χ2v) is 21.2. The molecule has 0 bridgehead atoms. The van der Waals surface area contributed by atoms with Crippen LogP contribution in [0, 0.1) is 0 Å². The smallest absolute Gasteiger partial charge is 0.462 e. The van der Waals surface area contributed by atoms with E-state index in [1.165, 1.54) is 44.9 Å². The predicted octanol–water partition coefficient (Wildman–Crippen LogP) is 18.0. The van der Waals surface area contributed by atoms with Crippen molar-refractivity contribution >= 4 is 25.7 Å². The highest BCUT2D eigenvalue weighted by atomic mass is 31.2. The number of esters is 3. The largest absolute Gasteiger partial charge is 0.472 e. The Balaban J connectivity index is 4.77. The van der Waals surface area contributed by atoms with Gasteiger partial charge in [0.2, 0.25) is 0 Å². The van der Waals surface area contributed by atoms with E-state index in [4.69, 9.17) is 23.3 Å². The molecule has 0 rings (SSSR count). The highest BCUT2D eigenvalue weighted by Gasteiger charge is 2.28. The van der Waals surface area contributed by atoms with Crippen molar-refractivity contribution in [3.05, 3.63) is 97.2 Å². The summed E-state index contributed by atoms with van der Waals surface area (Å²) in [4.78, 5) is 48.6. The number of carbonyl (C=O) groups excluding carboxylic acids is 3. The third-order valence-corrected chi connectivity index (χ3v) is 13.4. The average molecular weight is 1090 g/mol. The minimum absolute atomic E-state index is 0.140. The van der Waals surface area contributed by atoms with E-state index in [1.54, 1.807) is 0 Å². The molecule has 0 aromatic rings. The van der Waals surface area contributed by atoms with Gasteiger partial charge in [0.15, 0.2) is 6.10 Å². The summed E-state index contributed by atoms with van der Waals surface area (Å²) in [7, 11) is -4.77. The maximum Gasteiger partial charge on any atom is 0.472 e. The first-order chi connectivity index (χ1) is 37.2. The van der Waals surface area contributed by atoms with Crippen molar-refractivity contribution in [1.29, 1.82) is 0 Å². The van der Waals surface area contributed by atoms with Gasteiger partial charge >= 0.3 is 25.7 Å². The van der Waals surface area contributed by atoms with E-state index in [1.807, 2.05) is 0 Å². The number of phosphoric ester groups is 1. The molecule has 0 saturated carbocycles. The molecule has 11 nitrogen and oxygen atoms in total. The number of unbranched alkanes of at least 4 members (excludes halogenated alkanes) is 22. The summed E-state index contributed by atoms with van der Waals surface area (Å²) in [5.74, 6) is -1.52. The molecule has 0 aromatic heterocycles. The topological polar surface area (TPSA) is 155 Å². The Morgan fingerprint density at radius 3 is 1.05 bits per heavy atom. The molecule has 0 saturated heterocycles. The van der Waals surface area contributed by atoms with E-state index < -0.39 is 57.8 Å². The highest BCUT2D eigenvalue weighted by Crippen LogP contribution is 2.43. The molecular formula is C64H109O11P. The molecule has 3 unspecified atom stereocenters. The fraction of sp³-hybridized carbons (Fsp3) is 0.703. The Hall–Kier alpha value is -3.60. The third kappa shape index (κ3) is 55.2. The summed E-state index contributed by atoms with van der Waals surface area (Å²) < 4.78 is 39.6. The number of carbonyl (C=O) groups is 3. The van der Waals surface area contributed by atoms with E-state index in [0.29, 0.717) is 19.3 Å². The molecule has 0 radical (unpaired) electrons. The number of rotatable bonds is 55. The molecule has 0 aromatic carbocycles. The van der Waals surface area contributed by atoms with Crippen LogP contribution in [0.15, 0.2) is 97.2 Å². The first-order valence-corrected chi connectivity index (χ1v) is 31.6. The summed E-state index contributed by atoms with van der Waals surface area (Å²) in [5.41, 5.74) is 0. The van der Waals surface area contributed by atoms with Gasteiger partial charge in [-0.1, -0.05) is 208 Å². The SMILES string of the molecule is CC/C=C\C/C=C\C/C=C\CCCCCCCC(=O)OC(COC(=O)CCCCCCCC/C=C\C/C=C\C/C=C\CCCCC)COP(=O)(O)OCC(CO)OC(=O)CCCCCCC/C=C\C/C=C\CCCCC. The first kappa shape index (κ1) is 72.4. The summed E-state index contributed by atoms with van der Waals surface area (Å²) in [6, 6.07) is 0. The second-order valence-electron chi connectivity index (χ2n) is 19.8. The number of allylic oxidation sites excluding steroid dienone is 16. The van der Waals surface area contributed by atoms with Crippen LogP contribution in [-0.2, 0) is 42.2 Å². The molecule has 3 atom stereocenters. The van der Waals surface area contributed by atoms with Crippen molar-refractivity contribution in [3.63, 3.8) is 0 Å². The van der Waals surface area contributed by atoms with Crippen molar-refractivity contribution in [2.24, 2.45) is 0 Å². The van der Waals surface area contributed by atoms with Gasteiger partial charge in [0.05, 0.1) is 19.8 Å². The molecule has 0 spiro atoms. The quantitative estimate of drug-likeness (QED) is 0.0197. The van der Waals surface area contributed by atoms with E-state index in [-0.39, 0.29) is 25.9 Å². The Labute approximate surface area is 463 Å². The number of hydrogen-bond acceptors (Lipinski definition) is 10. The van der Waals surface area contributed by atoms with Gasteiger partial charge < -0.3 is 24.2 Å². The minimum atomic E-state index is -4.77. The van der Waals surface area contributed by atoms with Crippen LogP contribution in [0.5, 0.6) is 0 Å². The van der Waals surface area contributed by atoms with Crippen LogP contribution >= 0.6 is 7.82 Å². The Morgan fingerprint density at radius 2 is 0.684 bits per heavy atom. The molecule has 0 amide bonds. The van der Waals surface area contributed by atoms with Crippen LogP contribution in [0.3, 0.4) is 0 Å². The van der Waals surface area contributed by atoms with Gasteiger partial charge in [-0.2, -0.15) is 0 Å². The number of ether oxygens (including phenoxy) is 3. The molecule has 0 aliphatic rings. The van der Waals surface area contributed by atoms with Gasteiger partial charge in [0.25, 0.3) is 0 Å². The van der Waals surface area contributed by atoms with Crippen LogP contribution in [0.25, 0.3) is 0 Å². The summed E-state index contributed by atoms with van der Waals surface area (Å²) in [5, 5.41) is 9.83. The molecule has 0 heterocycles. The van der Waals surface area contributed by atoms with Gasteiger partial charge in [0.1, 0.15) is 12.7 Å². The van der Waals surface area contributed by atoms with Crippen molar-refractivity contribution in [2.45, 2.75) is 264 Å². The third-order valence-electron chi connectivity index (χ3n) is 12.5. The molecule has 0 aliphatic heterocycles. The predicted molar refractivity (Wildman–Crippen MR) is 316 cm³/mol. The lowest BCUT2D eigenvalue weighted by Crippen LogP contribution is -2.30. The zero-order valence-electron chi connectivity index (χ0n) is 48.2. The summed E-state index contributed by atoms with van der Waals surface area (Å²) >= 11 is 0. The lowest BCUT2D eigenvalue weighted by molar-refractivity contribution is -0.161. The monoisotopic (exact) mass is 1080 g/mol. The maximum atomic E-state index is 12.9. The number of phosphoric acid groups is 1. The van der Waals surface area contributed by atoms with Crippen LogP contribution < -0.4 is 0 Å². The van der Waals surface area contributed by atoms with Gasteiger partial charge in [-0.15, -0.1) is 0 Å². The molecule has 76 heavy (non-hydrogen) atoms. The Kier molecular flexibility index (Phi) is 54.8. The first-order valence-electron chi connectivity index (χ1n) is 30.1. The van der Waals surface area contributed by atoms with Crippen molar-refractivity contribution in [3.8, 4) is 0 Å². The van der Waals surface area contributed by atoms with Gasteiger partial charge in [-0.25, -0.2) is 4.57 Å². The van der Waals surface area contributed by atoms with Crippen LogP contribution in [0.2, 0.25) is 0 Å². The second kappa shape index (κ2) is 57.6. The standard InChI is InChI=1S/C64H109O11P/c1-4-7-10-13-16-19-22-25-28-29-30-31-34-35-38-41-44-47-50-53-62(66)71-57-61(75-64(68)55-52-49-46-43-40-37-33-27-24-21-18-15-12-9-6-3)59-73-76(69,70)72-58-60(56-65)74-63(67)54-51-48-45-42-39-36-32-26-23-20-17-14-11-8-5-2/h9,12,16-21,25-28,30-33,60-61,65H,4-8,10-11,13-15,22-24,29,34-59H2,1-3H3,(H,69,70)/b12-9-,19-16-,20-17-,21-18-,28-25-,31-30-,32-26-,33-27-. The zero-order chi connectivity index (χ0) is 55.5. The molecule has 2 N–H and O–H groups in total. The minimum Gasteiger partial charge on any atom is -0.462 e. The highest BCUT2D eigenvalue weighted by molar-refractivity contribution is 7.47. The maximum absolute atomic E-state index is 12.9. The number of hydrogen-bond donors (Lipinski definition) is 2. The van der Waals surface area contributed by atoms with E-state index >= 15 is 0 Å². The van der Waals surface area contributed by atoms with E-state index in [2.05, 4.69) is 118 Å². The van der Waals surface area contributed by atoms with E-state index in [9.17, 15) is 28.9 Å². The molecular weight excluding hydrogens is 976 g/mol. The zero-order valence-corrected chi connectivity index (χ0v) is 49.1. The molecule has 436 valence electrons. The summed E-state index contributed by atoms with van der Waals surface area (Å²) in [6.45, 7) is 4.43. The van der Waals surface area contributed by atoms with Crippen molar-refractivity contribution in [1.82, 2.24) is 0 Å². The fourth-order valence-electron chi connectivity index (χ4n) is 7.88. The number of aliphatic hydroxyl groups is 1. The Morgan fingerprint density at radius 1 is 0.382 bits per heavy atom. The molecule has 0 aliphatic carbocycles. The Bertz CT molecular complexity index is 1640. The normalized spacial score (nSPS) is 14.0. The lowest BCUT2D eigenvalue weighted by Gasteiger charge is -2.21. The van der Waals surface area contributed by atoms with Gasteiger partial charge in [-0.05, 0) is 122 Å². The lowest BCUT2D eigenvalue weighted by atomic mass is 10.1. The van der Waals surface area contributed by atoms with Gasteiger partial charge in [0, 0.05) is 19.3 Å². The molecule has 12 heteroatoms. The molecule has 0 fully saturated rings. The number of aliphatic hydroxyl groups excluding tert-OH is 1. The van der Waals surface area contributed by atoms with Gasteiger partial charge in [-0.3, -0.25) is 23.4 Å². The van der Waals surface area contributed by atoms with Crippen LogP contribution in [0.1, 0.15) is 252 Å². The van der Waals surface area contributed by atoms with Crippen LogP contribution in [0.4, 0.5) is 0 Å². The van der Waals surface area contributed by atoms with Crippen LogP contribution in [-0.4, -0.2) is 66.5 Å². The van der Waals surface area contributed by atoms with Crippen molar-refractivity contribution < 1.29 is 52.2 Å².